The Balaban J connectivity index is 2.06. The van der Waals surface area contributed by atoms with Crippen LogP contribution in [0.2, 0.25) is 0 Å². The molecule has 0 aromatic heterocycles. The predicted octanol–water partition coefficient (Wildman–Crippen LogP) is 3.59. The normalized spacial score (nSPS) is 21.4. The first-order valence-corrected chi connectivity index (χ1v) is 9.77. The van der Waals surface area contributed by atoms with Crippen LogP contribution in [-0.2, 0) is 0 Å². The van der Waals surface area contributed by atoms with Crippen LogP contribution in [0.4, 0.5) is 13.2 Å². The van der Waals surface area contributed by atoms with Gasteiger partial charge in [0, 0.05) is 25.7 Å². The molecule has 2 atom stereocenters. The van der Waals surface area contributed by atoms with E-state index in [9.17, 15) is 13.2 Å². The highest BCUT2D eigenvalue weighted by molar-refractivity contribution is 5.79. The topological polar surface area (TPSA) is 48.9 Å². The van der Waals surface area contributed by atoms with Crippen LogP contribution >= 0.6 is 0 Å². The van der Waals surface area contributed by atoms with Gasteiger partial charge in [0.1, 0.15) is 5.75 Å². The zero-order chi connectivity index (χ0) is 20.6. The number of methoxy groups -OCH3 is 1. The van der Waals surface area contributed by atoms with Crippen LogP contribution in [0.5, 0.6) is 5.75 Å². The van der Waals surface area contributed by atoms with E-state index >= 15 is 0 Å². The van der Waals surface area contributed by atoms with Gasteiger partial charge in [0.05, 0.1) is 13.5 Å². The SMILES string of the molecule is CCNC(=NCC1CCCN(C)C1c1ccc(OC)cc1)NCCC(F)(F)F. The predicted molar refractivity (Wildman–Crippen MR) is 106 cm³/mol. The highest BCUT2D eigenvalue weighted by atomic mass is 19.4. The van der Waals surface area contributed by atoms with Crippen molar-refractivity contribution in [2.24, 2.45) is 10.9 Å². The van der Waals surface area contributed by atoms with E-state index < -0.39 is 12.6 Å². The second-order valence-corrected chi connectivity index (χ2v) is 7.11. The minimum absolute atomic E-state index is 0.179. The van der Waals surface area contributed by atoms with Crippen LogP contribution in [0.25, 0.3) is 0 Å². The lowest BCUT2D eigenvalue weighted by Crippen LogP contribution is -2.41. The van der Waals surface area contributed by atoms with Crippen molar-refractivity contribution >= 4 is 5.96 Å². The summed E-state index contributed by atoms with van der Waals surface area (Å²) in [4.78, 5) is 6.91. The number of hydrogen-bond donors (Lipinski definition) is 2. The molecule has 158 valence electrons. The van der Waals surface area contributed by atoms with Gasteiger partial charge in [-0.3, -0.25) is 9.89 Å². The summed E-state index contributed by atoms with van der Waals surface area (Å²) in [5, 5.41) is 5.82. The molecular weight excluding hydrogens is 369 g/mol. The summed E-state index contributed by atoms with van der Waals surface area (Å²) in [5.41, 5.74) is 1.21. The molecule has 8 heteroatoms. The fourth-order valence-electron chi connectivity index (χ4n) is 3.65. The molecule has 0 aliphatic carbocycles. The molecule has 0 bridgehead atoms. The number of likely N-dealkylation sites (tertiary alicyclic amines) is 1. The standard InChI is InChI=1S/C20H31F3N4O/c1-4-24-19(25-12-11-20(21,22)23)26-14-16-6-5-13-27(2)18(16)15-7-9-17(28-3)10-8-15/h7-10,16,18H,4-6,11-14H2,1-3H3,(H2,24,25,26). The van der Waals surface area contributed by atoms with E-state index in [1.54, 1.807) is 7.11 Å². The zero-order valence-corrected chi connectivity index (χ0v) is 16.9. The Morgan fingerprint density at radius 3 is 2.57 bits per heavy atom. The number of nitrogens with zero attached hydrogens (tertiary/aromatic N) is 2. The van der Waals surface area contributed by atoms with Gasteiger partial charge in [-0.2, -0.15) is 13.2 Å². The molecule has 1 aromatic rings. The van der Waals surface area contributed by atoms with Crippen LogP contribution < -0.4 is 15.4 Å². The average Bonchev–Trinajstić information content (AvgIpc) is 2.65. The number of aliphatic imine (C=N–C) groups is 1. The first-order chi connectivity index (χ1) is 13.3. The molecule has 5 nitrogen and oxygen atoms in total. The van der Waals surface area contributed by atoms with Crippen LogP contribution in [0.1, 0.15) is 37.8 Å². The van der Waals surface area contributed by atoms with Gasteiger partial charge in [0.25, 0.3) is 0 Å². The Kier molecular flexibility index (Phi) is 8.41. The van der Waals surface area contributed by atoms with Crippen molar-refractivity contribution in [3.8, 4) is 5.75 Å². The van der Waals surface area contributed by atoms with Crippen molar-refractivity contribution < 1.29 is 17.9 Å². The van der Waals surface area contributed by atoms with Gasteiger partial charge < -0.3 is 15.4 Å². The van der Waals surface area contributed by atoms with E-state index in [1.807, 2.05) is 19.1 Å². The molecule has 1 saturated heterocycles. The van der Waals surface area contributed by atoms with Gasteiger partial charge in [-0.05, 0) is 57.0 Å². The third kappa shape index (κ3) is 6.89. The molecular formula is C20H31F3N4O. The molecule has 1 aliphatic heterocycles. The summed E-state index contributed by atoms with van der Waals surface area (Å²) in [5.74, 6) is 1.55. The summed E-state index contributed by atoms with van der Waals surface area (Å²) in [6.07, 6.45) is -2.93. The monoisotopic (exact) mass is 400 g/mol. The lowest BCUT2D eigenvalue weighted by atomic mass is 9.85. The third-order valence-electron chi connectivity index (χ3n) is 4.99. The van der Waals surface area contributed by atoms with Gasteiger partial charge in [-0.1, -0.05) is 12.1 Å². The largest absolute Gasteiger partial charge is 0.497 e. The Morgan fingerprint density at radius 2 is 1.96 bits per heavy atom. The molecule has 0 amide bonds. The Bertz CT molecular complexity index is 619. The van der Waals surface area contributed by atoms with Gasteiger partial charge in [0.15, 0.2) is 5.96 Å². The molecule has 0 spiro atoms. The first kappa shape index (κ1) is 22.3. The summed E-state index contributed by atoms with van der Waals surface area (Å²) in [7, 11) is 3.75. The smallest absolute Gasteiger partial charge is 0.390 e. The van der Waals surface area contributed by atoms with Gasteiger partial charge in [0.2, 0.25) is 0 Å². The van der Waals surface area contributed by atoms with E-state index in [0.717, 1.165) is 25.1 Å². The minimum Gasteiger partial charge on any atom is -0.497 e. The number of rotatable bonds is 7. The van der Waals surface area contributed by atoms with Crippen molar-refractivity contribution in [2.45, 2.75) is 38.4 Å². The fraction of sp³-hybridized carbons (Fsp3) is 0.650. The molecule has 2 N–H and O–H groups in total. The van der Waals surface area contributed by atoms with Crippen molar-refractivity contribution in [3.05, 3.63) is 29.8 Å². The Hall–Kier alpha value is -1.96. The molecule has 2 rings (SSSR count). The molecule has 2 unspecified atom stereocenters. The third-order valence-corrected chi connectivity index (χ3v) is 4.99. The van der Waals surface area contributed by atoms with E-state index in [-0.39, 0.29) is 12.6 Å². The zero-order valence-electron chi connectivity index (χ0n) is 16.9. The highest BCUT2D eigenvalue weighted by Gasteiger charge is 2.30. The quantitative estimate of drug-likeness (QED) is 0.543. The molecule has 0 saturated carbocycles. The Labute approximate surface area is 165 Å². The van der Waals surface area contributed by atoms with E-state index in [0.29, 0.717) is 25.0 Å². The van der Waals surface area contributed by atoms with Crippen LogP contribution in [-0.4, -0.2) is 57.4 Å². The molecule has 1 heterocycles. The number of alkyl halides is 3. The number of ether oxygens (including phenoxy) is 1. The number of halogens is 3. The summed E-state index contributed by atoms with van der Waals surface area (Å²) in [6, 6.07) is 8.30. The minimum atomic E-state index is -4.17. The first-order valence-electron chi connectivity index (χ1n) is 9.77. The van der Waals surface area contributed by atoms with Gasteiger partial charge in [-0.15, -0.1) is 0 Å². The van der Waals surface area contributed by atoms with Crippen molar-refractivity contribution in [2.75, 3.05) is 40.3 Å². The molecule has 28 heavy (non-hydrogen) atoms. The van der Waals surface area contributed by atoms with Crippen LogP contribution in [0, 0.1) is 5.92 Å². The fourth-order valence-corrected chi connectivity index (χ4v) is 3.65. The number of nitrogens with one attached hydrogen (secondary N) is 2. The summed E-state index contributed by atoms with van der Waals surface area (Å²) in [6.45, 7) is 3.89. The Morgan fingerprint density at radius 1 is 1.25 bits per heavy atom. The maximum absolute atomic E-state index is 12.4. The van der Waals surface area contributed by atoms with Crippen molar-refractivity contribution in [1.82, 2.24) is 15.5 Å². The van der Waals surface area contributed by atoms with Crippen LogP contribution in [0.15, 0.2) is 29.3 Å². The lowest BCUT2D eigenvalue weighted by Gasteiger charge is -2.39. The molecule has 0 radical (unpaired) electrons. The maximum Gasteiger partial charge on any atom is 0.390 e. The van der Waals surface area contributed by atoms with E-state index in [2.05, 4.69) is 39.7 Å². The molecule has 1 aliphatic rings. The van der Waals surface area contributed by atoms with Gasteiger partial charge >= 0.3 is 6.18 Å². The highest BCUT2D eigenvalue weighted by Crippen LogP contribution is 2.35. The average molecular weight is 400 g/mol. The summed E-state index contributed by atoms with van der Waals surface area (Å²) >= 11 is 0. The van der Waals surface area contributed by atoms with Gasteiger partial charge in [-0.25, -0.2) is 0 Å². The van der Waals surface area contributed by atoms with E-state index in [4.69, 9.17) is 4.74 Å². The number of benzene rings is 1. The second-order valence-electron chi connectivity index (χ2n) is 7.11. The second kappa shape index (κ2) is 10.5. The van der Waals surface area contributed by atoms with Crippen LogP contribution in [0.3, 0.4) is 0 Å². The van der Waals surface area contributed by atoms with E-state index in [1.165, 1.54) is 5.56 Å². The molecule has 1 aromatic carbocycles. The number of hydrogen-bond acceptors (Lipinski definition) is 3. The lowest BCUT2D eigenvalue weighted by molar-refractivity contribution is -0.132. The number of piperidine rings is 1. The molecule has 1 fully saturated rings. The van der Waals surface area contributed by atoms with Crippen molar-refractivity contribution in [3.63, 3.8) is 0 Å². The number of guanidine groups is 1. The summed E-state index contributed by atoms with van der Waals surface area (Å²) < 4.78 is 42.4. The maximum atomic E-state index is 12.4. The van der Waals surface area contributed by atoms with Crippen molar-refractivity contribution in [1.29, 1.82) is 0 Å².